The molecule has 1 nitrogen and oxygen atoms in total. The van der Waals surface area contributed by atoms with Crippen LogP contribution in [-0.2, 0) is 0 Å². The van der Waals surface area contributed by atoms with E-state index in [4.69, 9.17) is 0 Å². The molecule has 84 valence electrons. The van der Waals surface area contributed by atoms with Gasteiger partial charge in [0, 0.05) is 23.2 Å². The van der Waals surface area contributed by atoms with Crippen LogP contribution in [0.1, 0.15) is 27.7 Å². The first kappa shape index (κ1) is 12.4. The molecule has 0 radical (unpaired) electrons. The molecule has 0 bridgehead atoms. The fourth-order valence-corrected chi connectivity index (χ4v) is 3.17. The Balaban J connectivity index is 0.000000531. The molecule has 1 aliphatic heterocycles. The Morgan fingerprint density at radius 2 is 1.80 bits per heavy atom. The molecule has 15 heavy (non-hydrogen) atoms. The van der Waals surface area contributed by atoms with Crippen molar-refractivity contribution in [2.75, 3.05) is 18.5 Å². The number of benzene rings is 1. The minimum absolute atomic E-state index is 0.336. The zero-order chi connectivity index (χ0) is 11.5. The van der Waals surface area contributed by atoms with Crippen molar-refractivity contribution >= 4 is 17.4 Å². The van der Waals surface area contributed by atoms with Gasteiger partial charge in [0.1, 0.15) is 0 Å². The van der Waals surface area contributed by atoms with E-state index in [1.165, 1.54) is 10.6 Å². The smallest absolute Gasteiger partial charge is 0.0502 e. The average molecular weight is 223 g/mol. The van der Waals surface area contributed by atoms with Gasteiger partial charge in [-0.25, -0.2) is 0 Å². The Hall–Kier alpha value is -0.630. The number of fused-ring (bicyclic) bond motifs is 1. The Morgan fingerprint density at radius 1 is 1.20 bits per heavy atom. The van der Waals surface area contributed by atoms with Crippen LogP contribution in [0.3, 0.4) is 0 Å². The van der Waals surface area contributed by atoms with E-state index in [9.17, 15) is 0 Å². The average Bonchev–Trinajstić information content (AvgIpc) is 2.19. The van der Waals surface area contributed by atoms with Crippen molar-refractivity contribution in [1.29, 1.82) is 0 Å². The van der Waals surface area contributed by atoms with E-state index >= 15 is 0 Å². The highest BCUT2D eigenvalue weighted by Gasteiger charge is 2.28. The fraction of sp³-hybridized carbons (Fsp3) is 0.538. The SMILES string of the molecule is CC.CN1CC(C)(C)Sc2ccccc21. The second-order valence-electron chi connectivity index (χ2n) is 4.19. The van der Waals surface area contributed by atoms with Crippen LogP contribution < -0.4 is 4.90 Å². The molecule has 0 unspecified atom stereocenters. The minimum atomic E-state index is 0.336. The van der Waals surface area contributed by atoms with Crippen LogP contribution in [0, 0.1) is 0 Å². The summed E-state index contributed by atoms with van der Waals surface area (Å²) in [6.45, 7) is 9.71. The molecule has 0 fully saturated rings. The van der Waals surface area contributed by atoms with E-state index in [0.29, 0.717) is 4.75 Å². The van der Waals surface area contributed by atoms with Crippen LogP contribution in [0.4, 0.5) is 5.69 Å². The summed E-state index contributed by atoms with van der Waals surface area (Å²) in [5.41, 5.74) is 1.37. The predicted octanol–water partition coefficient (Wildman–Crippen LogP) is 4.03. The van der Waals surface area contributed by atoms with Crippen molar-refractivity contribution in [3.8, 4) is 0 Å². The first-order chi connectivity index (χ1) is 7.08. The topological polar surface area (TPSA) is 3.24 Å². The third kappa shape index (κ3) is 2.91. The number of para-hydroxylation sites is 1. The summed E-state index contributed by atoms with van der Waals surface area (Å²) in [5.74, 6) is 0. The second kappa shape index (κ2) is 4.93. The van der Waals surface area contributed by atoms with E-state index in [1.54, 1.807) is 0 Å². The van der Waals surface area contributed by atoms with E-state index < -0.39 is 0 Å². The molecule has 1 aromatic rings. The molecule has 0 atom stereocenters. The van der Waals surface area contributed by atoms with Crippen LogP contribution in [0.2, 0.25) is 0 Å². The van der Waals surface area contributed by atoms with Crippen molar-refractivity contribution in [2.24, 2.45) is 0 Å². The zero-order valence-corrected chi connectivity index (χ0v) is 11.2. The lowest BCUT2D eigenvalue weighted by Crippen LogP contribution is -2.37. The monoisotopic (exact) mass is 223 g/mol. The van der Waals surface area contributed by atoms with Gasteiger partial charge in [0.15, 0.2) is 0 Å². The summed E-state index contributed by atoms with van der Waals surface area (Å²) in [6.07, 6.45) is 0. The quantitative estimate of drug-likeness (QED) is 0.653. The molecule has 1 heterocycles. The molecule has 0 amide bonds. The van der Waals surface area contributed by atoms with E-state index in [2.05, 4.69) is 50.1 Å². The Bertz CT molecular complexity index is 320. The third-order valence-electron chi connectivity index (χ3n) is 2.28. The predicted molar refractivity (Wildman–Crippen MR) is 71.0 cm³/mol. The number of hydrogen-bond donors (Lipinski definition) is 0. The molecule has 0 saturated carbocycles. The van der Waals surface area contributed by atoms with E-state index in [1.807, 2.05) is 25.6 Å². The first-order valence-electron chi connectivity index (χ1n) is 5.58. The molecule has 0 saturated heterocycles. The van der Waals surface area contributed by atoms with Gasteiger partial charge >= 0.3 is 0 Å². The van der Waals surface area contributed by atoms with Gasteiger partial charge in [-0.1, -0.05) is 26.0 Å². The molecule has 0 spiro atoms. The van der Waals surface area contributed by atoms with Crippen molar-refractivity contribution in [1.82, 2.24) is 0 Å². The molecular formula is C13H21NS. The van der Waals surface area contributed by atoms with Crippen LogP contribution in [0.25, 0.3) is 0 Å². The van der Waals surface area contributed by atoms with Gasteiger partial charge < -0.3 is 4.90 Å². The summed E-state index contributed by atoms with van der Waals surface area (Å²) < 4.78 is 0.336. The highest BCUT2D eigenvalue weighted by atomic mass is 32.2. The lowest BCUT2D eigenvalue weighted by atomic mass is 10.1. The molecule has 2 heteroatoms. The fourth-order valence-electron chi connectivity index (χ4n) is 1.85. The number of thioether (sulfide) groups is 1. The standard InChI is InChI=1S/C11H15NS.C2H6/c1-11(2)8-12(3)9-6-4-5-7-10(9)13-11;1-2/h4-7H,8H2,1-3H3;1-2H3. The molecule has 0 N–H and O–H groups in total. The zero-order valence-electron chi connectivity index (χ0n) is 10.4. The lowest BCUT2D eigenvalue weighted by Gasteiger charge is -2.37. The van der Waals surface area contributed by atoms with E-state index in [-0.39, 0.29) is 0 Å². The first-order valence-corrected chi connectivity index (χ1v) is 6.39. The van der Waals surface area contributed by atoms with Crippen LogP contribution in [-0.4, -0.2) is 18.3 Å². The lowest BCUT2D eigenvalue weighted by molar-refractivity contribution is 0.676. The summed E-state index contributed by atoms with van der Waals surface area (Å²) in [4.78, 5) is 3.74. The third-order valence-corrected chi connectivity index (χ3v) is 3.53. The largest absolute Gasteiger partial charge is 0.372 e. The highest BCUT2D eigenvalue weighted by molar-refractivity contribution is 8.00. The van der Waals surface area contributed by atoms with Gasteiger partial charge in [-0.15, -0.1) is 11.8 Å². The minimum Gasteiger partial charge on any atom is -0.372 e. The Morgan fingerprint density at radius 3 is 2.47 bits per heavy atom. The van der Waals surface area contributed by atoms with E-state index in [0.717, 1.165) is 6.54 Å². The molecule has 2 rings (SSSR count). The number of nitrogens with zero attached hydrogens (tertiary/aromatic N) is 1. The Kier molecular flexibility index (Phi) is 4.09. The van der Waals surface area contributed by atoms with Crippen molar-refractivity contribution in [3.63, 3.8) is 0 Å². The number of rotatable bonds is 0. The van der Waals surface area contributed by atoms with Crippen molar-refractivity contribution in [2.45, 2.75) is 37.3 Å². The molecular weight excluding hydrogens is 202 g/mol. The maximum absolute atomic E-state index is 2.34. The van der Waals surface area contributed by atoms with Crippen LogP contribution in [0.15, 0.2) is 29.2 Å². The van der Waals surface area contributed by atoms with Crippen LogP contribution in [0.5, 0.6) is 0 Å². The summed E-state index contributed by atoms with van der Waals surface area (Å²) in [6, 6.07) is 8.62. The number of anilines is 1. The molecule has 0 aromatic heterocycles. The van der Waals surface area contributed by atoms with Gasteiger partial charge in [0.25, 0.3) is 0 Å². The summed E-state index contributed by atoms with van der Waals surface area (Å²) in [7, 11) is 2.17. The van der Waals surface area contributed by atoms with Crippen molar-refractivity contribution < 1.29 is 0 Å². The molecule has 0 aliphatic carbocycles. The van der Waals surface area contributed by atoms with Gasteiger partial charge in [-0.2, -0.15) is 0 Å². The number of hydrogen-bond acceptors (Lipinski definition) is 2. The maximum atomic E-state index is 2.34. The Labute approximate surface area is 97.9 Å². The van der Waals surface area contributed by atoms with Crippen molar-refractivity contribution in [3.05, 3.63) is 24.3 Å². The summed E-state index contributed by atoms with van der Waals surface area (Å²) in [5, 5.41) is 0. The van der Waals surface area contributed by atoms with Gasteiger partial charge in [0.2, 0.25) is 0 Å². The summed E-state index contributed by atoms with van der Waals surface area (Å²) >= 11 is 1.98. The maximum Gasteiger partial charge on any atom is 0.0502 e. The normalized spacial score (nSPS) is 17.5. The second-order valence-corrected chi connectivity index (χ2v) is 5.93. The van der Waals surface area contributed by atoms with Gasteiger partial charge in [0.05, 0.1) is 5.69 Å². The molecule has 1 aromatic carbocycles. The molecule has 1 aliphatic rings. The van der Waals surface area contributed by atoms with Gasteiger partial charge in [-0.05, 0) is 26.0 Å². The van der Waals surface area contributed by atoms with Gasteiger partial charge in [-0.3, -0.25) is 0 Å². The van der Waals surface area contributed by atoms with Crippen LogP contribution >= 0.6 is 11.8 Å². The highest BCUT2D eigenvalue weighted by Crippen LogP contribution is 2.43.